The van der Waals surface area contributed by atoms with Crippen LogP contribution in [0.5, 0.6) is 0 Å². The number of para-hydroxylation sites is 2. The van der Waals surface area contributed by atoms with E-state index in [1.165, 1.54) is 4.57 Å². The van der Waals surface area contributed by atoms with Crippen molar-refractivity contribution in [3.05, 3.63) is 88.6 Å². The second kappa shape index (κ2) is 8.18. The Balaban J connectivity index is 1.49. The van der Waals surface area contributed by atoms with Gasteiger partial charge in [-0.15, -0.1) is 0 Å². The van der Waals surface area contributed by atoms with E-state index >= 15 is 0 Å². The lowest BCUT2D eigenvalue weighted by molar-refractivity contribution is -0.121. The normalized spacial score (nSPS) is 11.1. The summed E-state index contributed by atoms with van der Waals surface area (Å²) in [5.41, 5.74) is 3.57. The molecule has 0 atom stereocenters. The van der Waals surface area contributed by atoms with Crippen molar-refractivity contribution in [2.75, 3.05) is 0 Å². The van der Waals surface area contributed by atoms with Crippen molar-refractivity contribution < 1.29 is 4.79 Å². The molecule has 4 aromatic rings. The molecular weight excluding hydrogens is 366 g/mol. The van der Waals surface area contributed by atoms with Gasteiger partial charge in [-0.25, -0.2) is 4.79 Å². The molecule has 0 aliphatic rings. The van der Waals surface area contributed by atoms with E-state index < -0.39 is 0 Å². The zero-order valence-corrected chi connectivity index (χ0v) is 16.3. The van der Waals surface area contributed by atoms with Crippen molar-refractivity contribution in [2.45, 2.75) is 33.1 Å². The lowest BCUT2D eigenvalue weighted by Crippen LogP contribution is -2.33. The lowest BCUT2D eigenvalue weighted by atomic mass is 10.1. The van der Waals surface area contributed by atoms with Crippen LogP contribution < -0.4 is 11.0 Å². The molecule has 29 heavy (non-hydrogen) atoms. The molecule has 0 radical (unpaired) electrons. The number of nitrogens with one attached hydrogen (secondary N) is 1. The van der Waals surface area contributed by atoms with Crippen molar-refractivity contribution in [1.82, 2.24) is 24.2 Å². The molecular formula is C22H23N5O2. The van der Waals surface area contributed by atoms with Gasteiger partial charge in [-0.3, -0.25) is 18.6 Å². The van der Waals surface area contributed by atoms with E-state index in [4.69, 9.17) is 0 Å². The number of carbonyl (C=O) groups is 1. The third-order valence-electron chi connectivity index (χ3n) is 5.03. The Morgan fingerprint density at radius 1 is 0.966 bits per heavy atom. The Morgan fingerprint density at radius 3 is 2.34 bits per heavy atom. The number of fused-ring (bicyclic) bond motifs is 1. The number of aromatic nitrogens is 4. The van der Waals surface area contributed by atoms with Gasteiger partial charge < -0.3 is 5.32 Å². The number of hydrogen-bond acceptors (Lipinski definition) is 3. The zero-order valence-electron chi connectivity index (χ0n) is 16.3. The fourth-order valence-corrected chi connectivity index (χ4v) is 3.58. The Morgan fingerprint density at radius 2 is 1.66 bits per heavy atom. The summed E-state index contributed by atoms with van der Waals surface area (Å²) in [6, 6.07) is 17.4. The van der Waals surface area contributed by atoms with Gasteiger partial charge in [0.2, 0.25) is 5.91 Å². The van der Waals surface area contributed by atoms with Crippen LogP contribution >= 0.6 is 0 Å². The minimum Gasteiger partial charge on any atom is -0.350 e. The SMILES string of the molecule is CCn1c(=O)n(CC(=O)NCc2ccccc2Cn2cccn2)c2ccccc21. The summed E-state index contributed by atoms with van der Waals surface area (Å²) in [5, 5.41) is 7.19. The molecule has 2 aromatic carbocycles. The molecule has 2 heterocycles. The number of nitrogens with zero attached hydrogens (tertiary/aromatic N) is 4. The molecule has 7 nitrogen and oxygen atoms in total. The average Bonchev–Trinajstić information content (AvgIpc) is 3.34. The highest BCUT2D eigenvalue weighted by molar-refractivity contribution is 5.81. The van der Waals surface area contributed by atoms with Gasteiger partial charge in [0.15, 0.2) is 0 Å². The molecule has 0 spiro atoms. The number of aryl methyl sites for hydroxylation is 1. The predicted molar refractivity (Wildman–Crippen MR) is 111 cm³/mol. The van der Waals surface area contributed by atoms with E-state index in [1.54, 1.807) is 10.8 Å². The van der Waals surface area contributed by atoms with Gasteiger partial charge in [0.1, 0.15) is 6.54 Å². The summed E-state index contributed by atoms with van der Waals surface area (Å²) in [6.45, 7) is 3.52. The van der Waals surface area contributed by atoms with Crippen LogP contribution in [0.2, 0.25) is 0 Å². The first-order valence-corrected chi connectivity index (χ1v) is 9.66. The topological polar surface area (TPSA) is 73.8 Å². The highest BCUT2D eigenvalue weighted by Gasteiger charge is 2.14. The van der Waals surface area contributed by atoms with Crippen LogP contribution in [-0.2, 0) is 31.0 Å². The third-order valence-corrected chi connectivity index (χ3v) is 5.03. The van der Waals surface area contributed by atoms with Crippen molar-refractivity contribution in [3.63, 3.8) is 0 Å². The lowest BCUT2D eigenvalue weighted by Gasteiger charge is -2.11. The minimum absolute atomic E-state index is 0.00628. The summed E-state index contributed by atoms with van der Waals surface area (Å²) >= 11 is 0. The second-order valence-electron chi connectivity index (χ2n) is 6.85. The maximum atomic E-state index is 12.7. The first-order valence-electron chi connectivity index (χ1n) is 9.66. The smallest absolute Gasteiger partial charge is 0.329 e. The molecule has 0 bridgehead atoms. The van der Waals surface area contributed by atoms with Gasteiger partial charge in [-0.1, -0.05) is 36.4 Å². The fraction of sp³-hybridized carbons (Fsp3) is 0.227. The third kappa shape index (κ3) is 3.85. The number of imidazole rings is 1. The quantitative estimate of drug-likeness (QED) is 0.527. The summed E-state index contributed by atoms with van der Waals surface area (Å²) in [7, 11) is 0. The highest BCUT2D eigenvalue weighted by Crippen LogP contribution is 2.13. The molecule has 148 valence electrons. The van der Waals surface area contributed by atoms with Crippen molar-refractivity contribution in [1.29, 1.82) is 0 Å². The summed E-state index contributed by atoms with van der Waals surface area (Å²) < 4.78 is 5.06. The van der Waals surface area contributed by atoms with E-state index in [-0.39, 0.29) is 18.1 Å². The zero-order chi connectivity index (χ0) is 20.2. The largest absolute Gasteiger partial charge is 0.350 e. The molecule has 0 saturated carbocycles. The number of benzene rings is 2. The Bertz CT molecular complexity index is 1190. The molecule has 4 rings (SSSR count). The van der Waals surface area contributed by atoms with E-state index in [1.807, 2.05) is 72.4 Å². The molecule has 1 amide bonds. The number of hydrogen-bond donors (Lipinski definition) is 1. The highest BCUT2D eigenvalue weighted by atomic mass is 16.2. The summed E-state index contributed by atoms with van der Waals surface area (Å²) in [5.74, 6) is -0.194. The van der Waals surface area contributed by atoms with Crippen LogP contribution in [0.1, 0.15) is 18.1 Å². The first-order chi connectivity index (χ1) is 14.2. The van der Waals surface area contributed by atoms with E-state index in [2.05, 4.69) is 10.4 Å². The number of rotatable bonds is 7. The molecule has 7 heteroatoms. The maximum Gasteiger partial charge on any atom is 0.329 e. The van der Waals surface area contributed by atoms with Crippen LogP contribution in [0.25, 0.3) is 11.0 Å². The van der Waals surface area contributed by atoms with Crippen LogP contribution in [-0.4, -0.2) is 24.8 Å². The Labute approximate surface area is 168 Å². The standard InChI is InChI=1S/C22H23N5O2/c1-2-26-19-10-5-6-11-20(19)27(22(26)29)16-21(28)23-14-17-8-3-4-9-18(17)15-25-13-7-12-24-25/h3-13H,2,14-16H2,1H3,(H,23,28). The van der Waals surface area contributed by atoms with Gasteiger partial charge in [0.25, 0.3) is 0 Å². The fourth-order valence-electron chi connectivity index (χ4n) is 3.58. The first kappa shape index (κ1) is 18.7. The van der Waals surface area contributed by atoms with E-state index in [0.29, 0.717) is 19.6 Å². The van der Waals surface area contributed by atoms with Crippen LogP contribution in [0.3, 0.4) is 0 Å². The second-order valence-corrected chi connectivity index (χ2v) is 6.85. The molecule has 0 unspecified atom stereocenters. The number of amides is 1. The van der Waals surface area contributed by atoms with Gasteiger partial charge in [-0.2, -0.15) is 5.10 Å². The van der Waals surface area contributed by atoms with Gasteiger partial charge in [-0.05, 0) is 36.2 Å². The molecule has 0 aliphatic heterocycles. The number of carbonyl (C=O) groups excluding carboxylic acids is 1. The Hall–Kier alpha value is -3.61. The summed E-state index contributed by atoms with van der Waals surface area (Å²) in [4.78, 5) is 25.3. The predicted octanol–water partition coefficient (Wildman–Crippen LogP) is 2.38. The maximum absolute atomic E-state index is 12.7. The van der Waals surface area contributed by atoms with Crippen molar-refractivity contribution in [2.24, 2.45) is 0 Å². The van der Waals surface area contributed by atoms with Crippen LogP contribution in [0, 0.1) is 0 Å². The van der Waals surface area contributed by atoms with Gasteiger partial charge >= 0.3 is 5.69 Å². The molecule has 0 fully saturated rings. The molecule has 2 aromatic heterocycles. The monoisotopic (exact) mass is 389 g/mol. The van der Waals surface area contributed by atoms with Gasteiger partial charge in [0.05, 0.1) is 17.6 Å². The average molecular weight is 389 g/mol. The van der Waals surface area contributed by atoms with Crippen LogP contribution in [0.15, 0.2) is 71.8 Å². The van der Waals surface area contributed by atoms with E-state index in [9.17, 15) is 9.59 Å². The molecule has 1 N–H and O–H groups in total. The van der Waals surface area contributed by atoms with E-state index in [0.717, 1.165) is 22.2 Å². The summed E-state index contributed by atoms with van der Waals surface area (Å²) in [6.07, 6.45) is 3.65. The Kier molecular flexibility index (Phi) is 5.29. The van der Waals surface area contributed by atoms with Crippen molar-refractivity contribution in [3.8, 4) is 0 Å². The van der Waals surface area contributed by atoms with Gasteiger partial charge in [0, 0.05) is 25.5 Å². The molecule has 0 saturated heterocycles. The van der Waals surface area contributed by atoms with Crippen molar-refractivity contribution >= 4 is 16.9 Å². The van der Waals surface area contributed by atoms with Crippen LogP contribution in [0.4, 0.5) is 0 Å². The molecule has 0 aliphatic carbocycles. The minimum atomic E-state index is -0.194.